The molecule has 2 unspecified atom stereocenters. The minimum atomic E-state index is 0.0517. The lowest BCUT2D eigenvalue weighted by Gasteiger charge is -2.39. The Morgan fingerprint density at radius 2 is 2.10 bits per heavy atom. The first-order chi connectivity index (χ1) is 10.0. The standard InChI is InChI=1S/C16H24BrN3O/c1-11(18)15(13-4-3-5-14(17)10-13)20-8-6-12(7-9-20)16(21)19-2/h3-5,10-12,15H,6-9,18H2,1-2H3,(H,19,21). The number of benzene rings is 1. The second kappa shape index (κ2) is 7.38. The van der Waals surface area contributed by atoms with E-state index in [1.807, 2.05) is 12.1 Å². The summed E-state index contributed by atoms with van der Waals surface area (Å²) in [5.74, 6) is 0.303. The van der Waals surface area contributed by atoms with E-state index < -0.39 is 0 Å². The third-order valence-corrected chi connectivity index (χ3v) is 4.72. The SMILES string of the molecule is CNC(=O)C1CCN(C(c2cccc(Br)c2)C(C)N)CC1. The van der Waals surface area contributed by atoms with Crippen molar-refractivity contribution in [2.75, 3.05) is 20.1 Å². The zero-order valence-corrected chi connectivity index (χ0v) is 14.3. The fourth-order valence-electron chi connectivity index (χ4n) is 3.18. The first-order valence-corrected chi connectivity index (χ1v) is 8.29. The first kappa shape index (κ1) is 16.5. The number of likely N-dealkylation sites (tertiary alicyclic amines) is 1. The summed E-state index contributed by atoms with van der Waals surface area (Å²) < 4.78 is 1.07. The fourth-order valence-corrected chi connectivity index (χ4v) is 3.60. The second-order valence-corrected chi connectivity index (χ2v) is 6.70. The van der Waals surface area contributed by atoms with Crippen molar-refractivity contribution in [3.63, 3.8) is 0 Å². The highest BCUT2D eigenvalue weighted by Gasteiger charge is 2.30. The maximum atomic E-state index is 11.7. The average Bonchev–Trinajstić information content (AvgIpc) is 2.47. The minimum absolute atomic E-state index is 0.0517. The zero-order chi connectivity index (χ0) is 15.4. The van der Waals surface area contributed by atoms with E-state index in [-0.39, 0.29) is 23.9 Å². The quantitative estimate of drug-likeness (QED) is 0.872. The number of nitrogens with zero attached hydrogens (tertiary/aromatic N) is 1. The molecule has 3 N–H and O–H groups in total. The van der Waals surface area contributed by atoms with Crippen LogP contribution in [-0.2, 0) is 4.79 Å². The summed E-state index contributed by atoms with van der Waals surface area (Å²) in [6, 6.07) is 8.60. The number of amides is 1. The molecule has 0 saturated carbocycles. The van der Waals surface area contributed by atoms with Crippen molar-refractivity contribution in [3.8, 4) is 0 Å². The lowest BCUT2D eigenvalue weighted by molar-refractivity contribution is -0.126. The van der Waals surface area contributed by atoms with Crippen molar-refractivity contribution in [2.45, 2.75) is 31.8 Å². The van der Waals surface area contributed by atoms with Crippen LogP contribution in [0.15, 0.2) is 28.7 Å². The van der Waals surface area contributed by atoms with Gasteiger partial charge in [0.2, 0.25) is 5.91 Å². The molecule has 4 nitrogen and oxygen atoms in total. The van der Waals surface area contributed by atoms with E-state index in [4.69, 9.17) is 5.73 Å². The molecule has 116 valence electrons. The topological polar surface area (TPSA) is 58.4 Å². The zero-order valence-electron chi connectivity index (χ0n) is 12.7. The molecule has 1 heterocycles. The van der Waals surface area contributed by atoms with E-state index in [0.717, 1.165) is 30.4 Å². The van der Waals surface area contributed by atoms with Gasteiger partial charge in [-0.05, 0) is 50.6 Å². The van der Waals surface area contributed by atoms with E-state index in [1.54, 1.807) is 7.05 Å². The normalized spacial score (nSPS) is 20.0. The Morgan fingerprint density at radius 3 is 2.62 bits per heavy atom. The molecule has 5 heteroatoms. The summed E-state index contributed by atoms with van der Waals surface area (Å²) in [4.78, 5) is 14.1. The van der Waals surface area contributed by atoms with Crippen LogP contribution in [0.5, 0.6) is 0 Å². The molecular formula is C16H24BrN3O. The van der Waals surface area contributed by atoms with Crippen LogP contribution in [0.3, 0.4) is 0 Å². The number of piperidine rings is 1. The van der Waals surface area contributed by atoms with E-state index in [9.17, 15) is 4.79 Å². The Labute approximate surface area is 135 Å². The van der Waals surface area contributed by atoms with E-state index in [0.29, 0.717) is 0 Å². The Balaban J connectivity index is 2.09. The van der Waals surface area contributed by atoms with Crippen molar-refractivity contribution in [1.29, 1.82) is 0 Å². The highest BCUT2D eigenvalue weighted by molar-refractivity contribution is 9.10. The summed E-state index contributed by atoms with van der Waals surface area (Å²) in [6.45, 7) is 3.88. The van der Waals surface area contributed by atoms with Gasteiger partial charge < -0.3 is 11.1 Å². The molecule has 1 saturated heterocycles. The van der Waals surface area contributed by atoms with Crippen LogP contribution in [-0.4, -0.2) is 37.0 Å². The largest absolute Gasteiger partial charge is 0.359 e. The summed E-state index contributed by atoms with van der Waals surface area (Å²) in [5, 5.41) is 2.75. The maximum absolute atomic E-state index is 11.7. The Morgan fingerprint density at radius 1 is 1.43 bits per heavy atom. The molecule has 1 aliphatic rings. The molecule has 1 aromatic rings. The molecule has 0 aliphatic carbocycles. The molecule has 0 radical (unpaired) electrons. The summed E-state index contributed by atoms with van der Waals surface area (Å²) in [7, 11) is 1.71. The number of halogens is 1. The molecule has 1 aliphatic heterocycles. The van der Waals surface area contributed by atoms with Gasteiger partial charge in [0.25, 0.3) is 0 Å². The van der Waals surface area contributed by atoms with Gasteiger partial charge in [0.15, 0.2) is 0 Å². The molecular weight excluding hydrogens is 330 g/mol. The van der Waals surface area contributed by atoms with Gasteiger partial charge in [-0.25, -0.2) is 0 Å². The molecule has 1 fully saturated rings. The van der Waals surface area contributed by atoms with Crippen LogP contribution >= 0.6 is 15.9 Å². The van der Waals surface area contributed by atoms with Crippen LogP contribution in [0.1, 0.15) is 31.4 Å². The Hall–Kier alpha value is -0.910. The molecule has 1 aromatic carbocycles. The van der Waals surface area contributed by atoms with Gasteiger partial charge in [-0.2, -0.15) is 0 Å². The number of hydrogen-bond acceptors (Lipinski definition) is 3. The van der Waals surface area contributed by atoms with Crippen LogP contribution in [0.2, 0.25) is 0 Å². The third-order valence-electron chi connectivity index (χ3n) is 4.23. The molecule has 0 spiro atoms. The molecule has 0 aromatic heterocycles. The molecule has 1 amide bonds. The van der Waals surface area contributed by atoms with Gasteiger partial charge in [0, 0.05) is 29.5 Å². The van der Waals surface area contributed by atoms with Crippen LogP contribution in [0.4, 0.5) is 0 Å². The number of carbonyl (C=O) groups excluding carboxylic acids is 1. The highest BCUT2D eigenvalue weighted by Crippen LogP contribution is 2.30. The lowest BCUT2D eigenvalue weighted by atomic mass is 9.91. The van der Waals surface area contributed by atoms with Gasteiger partial charge in [-0.3, -0.25) is 9.69 Å². The number of nitrogens with one attached hydrogen (secondary N) is 1. The fraction of sp³-hybridized carbons (Fsp3) is 0.562. The maximum Gasteiger partial charge on any atom is 0.222 e. The smallest absolute Gasteiger partial charge is 0.222 e. The van der Waals surface area contributed by atoms with Gasteiger partial charge in [0.05, 0.1) is 0 Å². The van der Waals surface area contributed by atoms with Crippen LogP contribution < -0.4 is 11.1 Å². The molecule has 0 bridgehead atoms. The van der Waals surface area contributed by atoms with Gasteiger partial charge in [-0.1, -0.05) is 28.1 Å². The van der Waals surface area contributed by atoms with Gasteiger partial charge >= 0.3 is 0 Å². The molecule has 2 atom stereocenters. The number of hydrogen-bond donors (Lipinski definition) is 2. The van der Waals surface area contributed by atoms with E-state index in [1.165, 1.54) is 5.56 Å². The first-order valence-electron chi connectivity index (χ1n) is 7.49. The predicted molar refractivity (Wildman–Crippen MR) is 88.9 cm³/mol. The average molecular weight is 354 g/mol. The third kappa shape index (κ3) is 4.05. The summed E-state index contributed by atoms with van der Waals surface area (Å²) >= 11 is 3.53. The van der Waals surface area contributed by atoms with Crippen molar-refractivity contribution >= 4 is 21.8 Å². The molecule has 21 heavy (non-hydrogen) atoms. The highest BCUT2D eigenvalue weighted by atomic mass is 79.9. The minimum Gasteiger partial charge on any atom is -0.359 e. The van der Waals surface area contributed by atoms with Crippen molar-refractivity contribution in [3.05, 3.63) is 34.3 Å². The number of carbonyl (C=O) groups is 1. The lowest BCUT2D eigenvalue weighted by Crippen LogP contribution is -2.45. The summed E-state index contributed by atoms with van der Waals surface area (Å²) in [5.41, 5.74) is 7.47. The van der Waals surface area contributed by atoms with Gasteiger partial charge in [0.1, 0.15) is 0 Å². The Kier molecular flexibility index (Phi) is 5.79. The molecule has 2 rings (SSSR count). The van der Waals surface area contributed by atoms with Crippen LogP contribution in [0, 0.1) is 5.92 Å². The van der Waals surface area contributed by atoms with E-state index >= 15 is 0 Å². The van der Waals surface area contributed by atoms with Crippen LogP contribution in [0.25, 0.3) is 0 Å². The number of rotatable bonds is 4. The van der Waals surface area contributed by atoms with Gasteiger partial charge in [-0.15, -0.1) is 0 Å². The number of nitrogens with two attached hydrogens (primary N) is 1. The van der Waals surface area contributed by atoms with Crippen molar-refractivity contribution < 1.29 is 4.79 Å². The van der Waals surface area contributed by atoms with Crippen molar-refractivity contribution in [1.82, 2.24) is 10.2 Å². The predicted octanol–water partition coefficient (Wildman–Crippen LogP) is 2.30. The summed E-state index contributed by atoms with van der Waals surface area (Å²) in [6.07, 6.45) is 1.80. The monoisotopic (exact) mass is 353 g/mol. The second-order valence-electron chi connectivity index (χ2n) is 5.78. The Bertz CT molecular complexity index is 484. The van der Waals surface area contributed by atoms with Crippen molar-refractivity contribution in [2.24, 2.45) is 11.7 Å². The van der Waals surface area contributed by atoms with E-state index in [2.05, 4.69) is 45.2 Å².